The molecule has 1 N–H and O–H groups in total. The molecule has 1 aliphatic heterocycles. The van der Waals surface area contributed by atoms with Gasteiger partial charge in [0, 0.05) is 19.6 Å². The van der Waals surface area contributed by atoms with Crippen molar-refractivity contribution >= 4 is 23.3 Å². The molecule has 1 aromatic heterocycles. The number of anilines is 2. The van der Waals surface area contributed by atoms with Gasteiger partial charge in [-0.3, -0.25) is 9.69 Å². The molecule has 6 heteroatoms. The van der Waals surface area contributed by atoms with E-state index in [0.29, 0.717) is 31.0 Å². The Balaban J connectivity index is 1.58. The summed E-state index contributed by atoms with van der Waals surface area (Å²) in [6.07, 6.45) is 2.32. The van der Waals surface area contributed by atoms with Gasteiger partial charge in [0.1, 0.15) is 0 Å². The van der Waals surface area contributed by atoms with Crippen LogP contribution in [0.15, 0.2) is 65.3 Å². The van der Waals surface area contributed by atoms with Gasteiger partial charge in [-0.25, -0.2) is 4.79 Å². The first-order valence-corrected chi connectivity index (χ1v) is 10.1. The molecule has 1 fully saturated rings. The van der Waals surface area contributed by atoms with Crippen LogP contribution >= 0.6 is 0 Å². The Labute approximate surface area is 176 Å². The maximum absolute atomic E-state index is 13.3. The number of carbonyl (C=O) groups is 2. The first-order chi connectivity index (χ1) is 14.5. The molecule has 3 aromatic rings. The normalized spacial score (nSPS) is 14.1. The summed E-state index contributed by atoms with van der Waals surface area (Å²) in [4.78, 5) is 29.4. The highest BCUT2D eigenvalue weighted by Crippen LogP contribution is 2.31. The summed E-state index contributed by atoms with van der Waals surface area (Å²) in [5.74, 6) is -0.110. The van der Waals surface area contributed by atoms with Crippen LogP contribution in [0.3, 0.4) is 0 Å². The Morgan fingerprint density at radius 1 is 1.03 bits per heavy atom. The van der Waals surface area contributed by atoms with Crippen LogP contribution in [0.2, 0.25) is 0 Å². The zero-order chi connectivity index (χ0) is 21.1. The van der Waals surface area contributed by atoms with Crippen LogP contribution in [0, 0.1) is 13.8 Å². The summed E-state index contributed by atoms with van der Waals surface area (Å²) < 4.78 is 5.20. The van der Waals surface area contributed by atoms with Gasteiger partial charge in [-0.1, -0.05) is 35.9 Å². The van der Waals surface area contributed by atoms with Gasteiger partial charge in [-0.2, -0.15) is 0 Å². The van der Waals surface area contributed by atoms with Crippen LogP contribution in [-0.2, 0) is 6.54 Å². The number of furan rings is 1. The number of nitrogens with one attached hydrogen (secondary N) is 1. The summed E-state index contributed by atoms with van der Waals surface area (Å²) in [6, 6.07) is 17.2. The van der Waals surface area contributed by atoms with Gasteiger partial charge in [0.15, 0.2) is 5.76 Å². The Morgan fingerprint density at radius 2 is 1.87 bits per heavy atom. The minimum absolute atomic E-state index is 0.0555. The molecular weight excluding hydrogens is 378 g/mol. The lowest BCUT2D eigenvalue weighted by atomic mass is 10.1. The van der Waals surface area contributed by atoms with Gasteiger partial charge < -0.3 is 14.6 Å². The number of amides is 3. The van der Waals surface area contributed by atoms with Crippen molar-refractivity contribution in [2.75, 3.05) is 23.3 Å². The van der Waals surface area contributed by atoms with Crippen molar-refractivity contribution in [2.24, 2.45) is 0 Å². The van der Waals surface area contributed by atoms with E-state index in [1.165, 1.54) is 11.8 Å². The quantitative estimate of drug-likeness (QED) is 0.653. The average molecular weight is 403 g/mol. The number of aryl methyl sites for hydroxylation is 2. The van der Waals surface area contributed by atoms with Crippen molar-refractivity contribution in [1.29, 1.82) is 0 Å². The Hall–Kier alpha value is -3.54. The van der Waals surface area contributed by atoms with Crippen LogP contribution < -0.4 is 10.2 Å². The second-order valence-electron chi connectivity index (χ2n) is 7.65. The fourth-order valence-corrected chi connectivity index (χ4v) is 3.76. The highest BCUT2D eigenvalue weighted by molar-refractivity contribution is 6.06. The van der Waals surface area contributed by atoms with Crippen molar-refractivity contribution in [3.8, 4) is 0 Å². The predicted molar refractivity (Wildman–Crippen MR) is 117 cm³/mol. The number of hydrogen-bond acceptors (Lipinski definition) is 3. The van der Waals surface area contributed by atoms with Gasteiger partial charge in [-0.15, -0.1) is 0 Å². The lowest BCUT2D eigenvalue weighted by Crippen LogP contribution is -2.49. The van der Waals surface area contributed by atoms with Crippen LogP contribution in [0.5, 0.6) is 0 Å². The van der Waals surface area contributed by atoms with Gasteiger partial charge in [0.05, 0.1) is 17.6 Å². The molecular formula is C24H25N3O3. The van der Waals surface area contributed by atoms with Crippen LogP contribution in [0.4, 0.5) is 16.2 Å². The van der Waals surface area contributed by atoms with Crippen LogP contribution in [0.25, 0.3) is 0 Å². The van der Waals surface area contributed by atoms with Gasteiger partial charge in [0.2, 0.25) is 0 Å². The Kier molecular flexibility index (Phi) is 5.57. The third-order valence-electron chi connectivity index (χ3n) is 5.20. The highest BCUT2D eigenvalue weighted by Gasteiger charge is 2.29. The summed E-state index contributed by atoms with van der Waals surface area (Å²) in [5, 5.41) is 2.90. The fraction of sp³-hybridized carbons (Fsp3) is 0.250. The van der Waals surface area contributed by atoms with E-state index >= 15 is 0 Å². The molecule has 0 spiro atoms. The van der Waals surface area contributed by atoms with E-state index in [9.17, 15) is 9.59 Å². The molecule has 0 aliphatic carbocycles. The third kappa shape index (κ3) is 4.22. The molecule has 0 bridgehead atoms. The van der Waals surface area contributed by atoms with Crippen LogP contribution in [0.1, 0.15) is 33.7 Å². The number of urea groups is 1. The lowest BCUT2D eigenvalue weighted by molar-refractivity contribution is 0.0996. The molecule has 1 saturated heterocycles. The third-order valence-corrected chi connectivity index (χ3v) is 5.20. The van der Waals surface area contributed by atoms with Crippen molar-refractivity contribution in [3.05, 3.63) is 83.3 Å². The largest absolute Gasteiger partial charge is 0.459 e. The van der Waals surface area contributed by atoms with Crippen molar-refractivity contribution in [1.82, 2.24) is 4.90 Å². The molecule has 2 aromatic carbocycles. The fourth-order valence-electron chi connectivity index (χ4n) is 3.76. The van der Waals surface area contributed by atoms with Gasteiger partial charge in [0.25, 0.3) is 5.91 Å². The number of carbonyl (C=O) groups excluding carboxylic acids is 2. The zero-order valence-electron chi connectivity index (χ0n) is 17.2. The summed E-state index contributed by atoms with van der Waals surface area (Å²) >= 11 is 0. The van der Waals surface area contributed by atoms with E-state index < -0.39 is 0 Å². The predicted octanol–water partition coefficient (Wildman–Crippen LogP) is 4.98. The van der Waals surface area contributed by atoms with Gasteiger partial charge >= 0.3 is 6.03 Å². The highest BCUT2D eigenvalue weighted by atomic mass is 16.3. The lowest BCUT2D eigenvalue weighted by Gasteiger charge is -2.36. The smallest absolute Gasteiger partial charge is 0.324 e. The van der Waals surface area contributed by atoms with E-state index in [1.54, 1.807) is 17.0 Å². The first kappa shape index (κ1) is 19.8. The second-order valence-corrected chi connectivity index (χ2v) is 7.65. The summed E-state index contributed by atoms with van der Waals surface area (Å²) in [5.41, 5.74) is 4.58. The minimum atomic E-state index is -0.340. The zero-order valence-corrected chi connectivity index (χ0v) is 17.2. The van der Waals surface area contributed by atoms with E-state index in [-0.39, 0.29) is 17.7 Å². The average Bonchev–Trinajstić information content (AvgIpc) is 3.25. The number of nitrogens with zero attached hydrogens (tertiary/aromatic N) is 2. The standard InChI is InChI=1S/C24H25N3O3/c1-17-6-3-7-19(14-17)16-26-11-5-12-27(24(26)29)21-10-9-18(2)15-20(21)25-23(28)22-8-4-13-30-22/h3-4,6-10,13-15H,5,11-12,16H2,1-2H3,(H,25,28). The molecule has 0 atom stereocenters. The number of benzene rings is 2. The summed E-state index contributed by atoms with van der Waals surface area (Å²) in [7, 11) is 0. The Bertz CT molecular complexity index is 1060. The monoisotopic (exact) mass is 403 g/mol. The van der Waals surface area contributed by atoms with E-state index in [0.717, 1.165) is 17.5 Å². The molecule has 6 nitrogen and oxygen atoms in total. The second kappa shape index (κ2) is 8.45. The molecule has 2 heterocycles. The molecule has 0 saturated carbocycles. The molecule has 0 radical (unpaired) electrons. The maximum atomic E-state index is 13.3. The summed E-state index contributed by atoms with van der Waals surface area (Å²) in [6.45, 7) is 5.89. The molecule has 3 amide bonds. The number of hydrogen-bond donors (Lipinski definition) is 1. The van der Waals surface area contributed by atoms with Crippen molar-refractivity contribution in [2.45, 2.75) is 26.8 Å². The molecule has 154 valence electrons. The van der Waals surface area contributed by atoms with Gasteiger partial charge in [-0.05, 0) is 55.7 Å². The van der Waals surface area contributed by atoms with Crippen LogP contribution in [-0.4, -0.2) is 29.9 Å². The van der Waals surface area contributed by atoms with E-state index in [2.05, 4.69) is 11.4 Å². The van der Waals surface area contributed by atoms with E-state index in [1.807, 2.05) is 55.1 Å². The molecule has 0 unspecified atom stereocenters. The topological polar surface area (TPSA) is 65.8 Å². The van der Waals surface area contributed by atoms with Crippen molar-refractivity contribution in [3.63, 3.8) is 0 Å². The maximum Gasteiger partial charge on any atom is 0.324 e. The first-order valence-electron chi connectivity index (χ1n) is 10.1. The SMILES string of the molecule is Cc1cccc(CN2CCCN(c3ccc(C)cc3NC(=O)c3ccco3)C2=O)c1. The molecule has 4 rings (SSSR count). The number of rotatable bonds is 5. The minimum Gasteiger partial charge on any atom is -0.459 e. The van der Waals surface area contributed by atoms with Crippen molar-refractivity contribution < 1.29 is 14.0 Å². The Morgan fingerprint density at radius 3 is 2.63 bits per heavy atom. The molecule has 1 aliphatic rings. The van der Waals surface area contributed by atoms with E-state index in [4.69, 9.17) is 4.42 Å². The molecule has 30 heavy (non-hydrogen) atoms.